The van der Waals surface area contributed by atoms with Crippen LogP contribution >= 0.6 is 0 Å². The van der Waals surface area contributed by atoms with E-state index in [1.807, 2.05) is 30.3 Å². The van der Waals surface area contributed by atoms with Gasteiger partial charge in [0, 0.05) is 17.0 Å². The summed E-state index contributed by atoms with van der Waals surface area (Å²) in [5, 5.41) is 19.7. The Morgan fingerprint density at radius 2 is 1.87 bits per heavy atom. The minimum absolute atomic E-state index is 0.0631. The predicted octanol–water partition coefficient (Wildman–Crippen LogP) is 2.23. The number of carbonyl (C=O) groups is 1. The molecule has 3 aromatic rings. The topological polar surface area (TPSA) is 112 Å². The number of rotatable bonds is 2. The fraction of sp³-hybridized carbons (Fsp3) is 0. The summed E-state index contributed by atoms with van der Waals surface area (Å²) in [4.78, 5) is 16.8. The second-order valence-electron chi connectivity index (χ2n) is 4.99. The largest absolute Gasteiger partial charge is 0.508 e. The SMILES string of the molecule is N=C(N)NC(=O)c1cc(-c2ccccc2)nc2cc(O)ccc12. The molecule has 0 atom stereocenters. The van der Waals surface area contributed by atoms with Crippen molar-refractivity contribution in [2.45, 2.75) is 0 Å². The van der Waals surface area contributed by atoms with E-state index in [2.05, 4.69) is 10.3 Å². The Morgan fingerprint density at radius 3 is 2.57 bits per heavy atom. The number of pyridine rings is 1. The van der Waals surface area contributed by atoms with Gasteiger partial charge in [-0.05, 0) is 18.2 Å². The maximum absolute atomic E-state index is 12.3. The molecule has 0 bridgehead atoms. The number of benzene rings is 2. The van der Waals surface area contributed by atoms with Crippen molar-refractivity contribution in [3.8, 4) is 17.0 Å². The van der Waals surface area contributed by atoms with Crippen LogP contribution in [0.3, 0.4) is 0 Å². The number of aromatic hydroxyl groups is 1. The first kappa shape index (κ1) is 14.5. The van der Waals surface area contributed by atoms with E-state index in [9.17, 15) is 9.90 Å². The lowest BCUT2D eigenvalue weighted by atomic mass is 10.0. The molecule has 0 aliphatic carbocycles. The van der Waals surface area contributed by atoms with Crippen molar-refractivity contribution in [2.75, 3.05) is 0 Å². The van der Waals surface area contributed by atoms with Crippen molar-refractivity contribution >= 4 is 22.8 Å². The smallest absolute Gasteiger partial charge is 0.258 e. The van der Waals surface area contributed by atoms with E-state index >= 15 is 0 Å². The molecule has 0 aliphatic heterocycles. The third-order valence-corrected chi connectivity index (χ3v) is 3.36. The second-order valence-corrected chi connectivity index (χ2v) is 4.99. The van der Waals surface area contributed by atoms with Gasteiger partial charge in [-0.3, -0.25) is 15.5 Å². The van der Waals surface area contributed by atoms with Crippen molar-refractivity contribution in [3.63, 3.8) is 0 Å². The summed E-state index contributed by atoms with van der Waals surface area (Å²) in [6, 6.07) is 15.6. The van der Waals surface area contributed by atoms with Crippen LogP contribution in [0, 0.1) is 5.41 Å². The number of amides is 1. The van der Waals surface area contributed by atoms with Gasteiger partial charge in [0.05, 0.1) is 16.8 Å². The summed E-state index contributed by atoms with van der Waals surface area (Å²) < 4.78 is 0. The number of nitrogens with one attached hydrogen (secondary N) is 2. The molecule has 0 saturated heterocycles. The minimum atomic E-state index is -0.493. The molecule has 1 amide bonds. The van der Waals surface area contributed by atoms with Crippen LogP contribution in [-0.2, 0) is 0 Å². The van der Waals surface area contributed by atoms with Crippen LogP contribution in [0.15, 0.2) is 54.6 Å². The Hall–Kier alpha value is -3.41. The molecule has 5 N–H and O–H groups in total. The number of guanidine groups is 1. The maximum atomic E-state index is 12.3. The standard InChI is InChI=1S/C17H14N4O2/c18-17(19)21-16(23)13-9-14(10-4-2-1-3-5-10)20-15-8-11(22)6-7-12(13)15/h1-9,22H,(H4,18,19,21,23). The van der Waals surface area contributed by atoms with Gasteiger partial charge in [0.2, 0.25) is 0 Å². The number of aromatic nitrogens is 1. The van der Waals surface area contributed by atoms with Gasteiger partial charge in [0.25, 0.3) is 5.91 Å². The Labute approximate surface area is 132 Å². The number of hydrogen-bond donors (Lipinski definition) is 4. The monoisotopic (exact) mass is 306 g/mol. The first-order chi connectivity index (χ1) is 11.0. The summed E-state index contributed by atoms with van der Waals surface area (Å²) in [5.74, 6) is -0.860. The van der Waals surface area contributed by atoms with E-state index in [1.165, 1.54) is 12.1 Å². The second kappa shape index (κ2) is 5.76. The fourth-order valence-corrected chi connectivity index (χ4v) is 2.35. The molecule has 0 aliphatic rings. The van der Waals surface area contributed by atoms with Crippen LogP contribution in [0.4, 0.5) is 0 Å². The zero-order valence-electron chi connectivity index (χ0n) is 12.1. The fourth-order valence-electron chi connectivity index (χ4n) is 2.35. The molecule has 0 saturated carbocycles. The predicted molar refractivity (Wildman–Crippen MR) is 88.2 cm³/mol. The molecule has 1 aromatic heterocycles. The lowest BCUT2D eigenvalue weighted by molar-refractivity contribution is 0.0978. The Morgan fingerprint density at radius 1 is 1.13 bits per heavy atom. The average Bonchev–Trinajstić information content (AvgIpc) is 2.53. The van der Waals surface area contributed by atoms with E-state index < -0.39 is 11.9 Å². The van der Waals surface area contributed by atoms with E-state index in [0.717, 1.165) is 5.56 Å². The van der Waals surface area contributed by atoms with E-state index in [0.29, 0.717) is 22.2 Å². The van der Waals surface area contributed by atoms with E-state index in [1.54, 1.807) is 12.1 Å². The third-order valence-electron chi connectivity index (χ3n) is 3.36. The molecule has 114 valence electrons. The maximum Gasteiger partial charge on any atom is 0.258 e. The molecular weight excluding hydrogens is 292 g/mol. The number of phenolic OH excluding ortho intramolecular Hbond substituents is 1. The number of nitrogens with two attached hydrogens (primary N) is 1. The van der Waals surface area contributed by atoms with Crippen molar-refractivity contribution in [1.82, 2.24) is 10.3 Å². The van der Waals surface area contributed by atoms with Gasteiger partial charge in [-0.2, -0.15) is 0 Å². The quantitative estimate of drug-likeness (QED) is 0.429. The van der Waals surface area contributed by atoms with Crippen LogP contribution in [-0.4, -0.2) is 22.0 Å². The van der Waals surface area contributed by atoms with E-state index in [4.69, 9.17) is 11.1 Å². The van der Waals surface area contributed by atoms with Gasteiger partial charge in [-0.1, -0.05) is 30.3 Å². The summed E-state index contributed by atoms with van der Waals surface area (Å²) in [6.45, 7) is 0. The number of hydrogen-bond acceptors (Lipinski definition) is 4. The first-order valence-electron chi connectivity index (χ1n) is 6.89. The summed E-state index contributed by atoms with van der Waals surface area (Å²) in [7, 11) is 0. The molecule has 2 aromatic carbocycles. The highest BCUT2D eigenvalue weighted by atomic mass is 16.3. The number of nitrogens with zero attached hydrogens (tertiary/aromatic N) is 1. The van der Waals surface area contributed by atoms with Gasteiger partial charge in [-0.25, -0.2) is 4.98 Å². The van der Waals surface area contributed by atoms with Crippen molar-refractivity contribution in [2.24, 2.45) is 5.73 Å². The highest BCUT2D eigenvalue weighted by Gasteiger charge is 2.15. The Bertz CT molecular complexity index is 907. The normalized spacial score (nSPS) is 10.4. The molecule has 6 nitrogen and oxygen atoms in total. The van der Waals surface area contributed by atoms with Gasteiger partial charge in [0.1, 0.15) is 5.75 Å². The van der Waals surface area contributed by atoms with Crippen LogP contribution < -0.4 is 11.1 Å². The van der Waals surface area contributed by atoms with Gasteiger partial charge in [0.15, 0.2) is 5.96 Å². The molecule has 3 rings (SSSR count). The lowest BCUT2D eigenvalue weighted by Crippen LogP contribution is -2.35. The minimum Gasteiger partial charge on any atom is -0.508 e. The number of phenols is 1. The number of carbonyl (C=O) groups excluding carboxylic acids is 1. The highest BCUT2D eigenvalue weighted by Crippen LogP contribution is 2.27. The zero-order valence-corrected chi connectivity index (χ0v) is 12.1. The molecule has 6 heteroatoms. The molecule has 0 radical (unpaired) electrons. The molecule has 23 heavy (non-hydrogen) atoms. The number of fused-ring (bicyclic) bond motifs is 1. The molecule has 1 heterocycles. The summed E-state index contributed by atoms with van der Waals surface area (Å²) in [6.07, 6.45) is 0. The molecular formula is C17H14N4O2. The summed E-state index contributed by atoms with van der Waals surface area (Å²) >= 11 is 0. The van der Waals surface area contributed by atoms with Crippen LogP contribution in [0.1, 0.15) is 10.4 Å². The van der Waals surface area contributed by atoms with Crippen LogP contribution in [0.2, 0.25) is 0 Å². The van der Waals surface area contributed by atoms with Crippen molar-refractivity contribution in [3.05, 3.63) is 60.2 Å². The Balaban J connectivity index is 2.24. The lowest BCUT2D eigenvalue weighted by Gasteiger charge is -2.10. The highest BCUT2D eigenvalue weighted by molar-refractivity contribution is 6.12. The molecule has 0 unspecified atom stereocenters. The average molecular weight is 306 g/mol. The third kappa shape index (κ3) is 2.96. The van der Waals surface area contributed by atoms with Gasteiger partial charge < -0.3 is 10.8 Å². The van der Waals surface area contributed by atoms with Gasteiger partial charge >= 0.3 is 0 Å². The Kier molecular flexibility index (Phi) is 3.64. The molecule has 0 spiro atoms. The van der Waals surface area contributed by atoms with Gasteiger partial charge in [-0.15, -0.1) is 0 Å². The van der Waals surface area contributed by atoms with Crippen LogP contribution in [0.5, 0.6) is 5.75 Å². The first-order valence-corrected chi connectivity index (χ1v) is 6.89. The van der Waals surface area contributed by atoms with Crippen molar-refractivity contribution < 1.29 is 9.90 Å². The van der Waals surface area contributed by atoms with E-state index in [-0.39, 0.29) is 5.75 Å². The zero-order chi connectivity index (χ0) is 16.4. The summed E-state index contributed by atoms with van der Waals surface area (Å²) in [5.41, 5.74) is 7.50. The van der Waals surface area contributed by atoms with Crippen molar-refractivity contribution in [1.29, 1.82) is 5.41 Å². The van der Waals surface area contributed by atoms with Crippen LogP contribution in [0.25, 0.3) is 22.2 Å². The molecule has 0 fully saturated rings.